The molecule has 22 heavy (non-hydrogen) atoms. The molecule has 0 saturated carbocycles. The Morgan fingerprint density at radius 1 is 1.18 bits per heavy atom. The summed E-state index contributed by atoms with van der Waals surface area (Å²) in [5.74, 6) is 0.887. The van der Waals surface area contributed by atoms with Crippen LogP contribution in [0.1, 0.15) is 36.1 Å². The molecule has 0 aliphatic heterocycles. The van der Waals surface area contributed by atoms with Crippen LogP contribution in [0.3, 0.4) is 0 Å². The second-order valence-corrected chi connectivity index (χ2v) is 6.17. The number of aliphatic hydroxyl groups is 1. The fourth-order valence-corrected chi connectivity index (χ4v) is 3.27. The van der Waals surface area contributed by atoms with E-state index in [2.05, 4.69) is 23.5 Å². The molecule has 1 aliphatic carbocycles. The van der Waals surface area contributed by atoms with Gasteiger partial charge in [0.1, 0.15) is 5.75 Å². The third-order valence-electron chi connectivity index (χ3n) is 4.48. The molecule has 0 fully saturated rings. The molecule has 2 N–H and O–H groups in total. The first kappa shape index (κ1) is 15.1. The van der Waals surface area contributed by atoms with Crippen molar-refractivity contribution >= 4 is 0 Å². The standard InChI is InChI=1S/C19H23NO2/c1-19(21)13-18(16-5-3-4-6-17(16)19)20-12-11-14-7-9-15(22-2)10-8-14/h3-10,18,20-21H,11-13H2,1-2H3. The van der Waals surface area contributed by atoms with Gasteiger partial charge in [-0.05, 0) is 55.1 Å². The minimum atomic E-state index is -0.728. The predicted octanol–water partition coefficient (Wildman–Crippen LogP) is 3.18. The van der Waals surface area contributed by atoms with Crippen molar-refractivity contribution in [3.05, 3.63) is 65.2 Å². The molecule has 3 heteroatoms. The van der Waals surface area contributed by atoms with E-state index in [0.717, 1.165) is 30.7 Å². The zero-order valence-electron chi connectivity index (χ0n) is 13.2. The maximum absolute atomic E-state index is 10.5. The van der Waals surface area contributed by atoms with Gasteiger partial charge in [0.05, 0.1) is 12.7 Å². The van der Waals surface area contributed by atoms with Crippen LogP contribution in [0, 0.1) is 0 Å². The Balaban J connectivity index is 1.60. The minimum absolute atomic E-state index is 0.226. The lowest BCUT2D eigenvalue weighted by molar-refractivity contribution is 0.0515. The van der Waals surface area contributed by atoms with Gasteiger partial charge in [0, 0.05) is 6.04 Å². The van der Waals surface area contributed by atoms with Gasteiger partial charge in [-0.3, -0.25) is 0 Å². The normalized spacial score (nSPS) is 23.3. The molecule has 3 rings (SSSR count). The van der Waals surface area contributed by atoms with Crippen molar-refractivity contribution in [2.75, 3.05) is 13.7 Å². The van der Waals surface area contributed by atoms with Crippen molar-refractivity contribution in [2.24, 2.45) is 0 Å². The highest BCUT2D eigenvalue weighted by molar-refractivity contribution is 5.39. The molecule has 0 saturated heterocycles. The van der Waals surface area contributed by atoms with Crippen LogP contribution in [-0.4, -0.2) is 18.8 Å². The lowest BCUT2D eigenvalue weighted by Crippen LogP contribution is -2.24. The fraction of sp³-hybridized carbons (Fsp3) is 0.368. The number of hydrogen-bond acceptors (Lipinski definition) is 3. The SMILES string of the molecule is COc1ccc(CCNC2CC(C)(O)c3ccccc32)cc1. The molecule has 3 nitrogen and oxygen atoms in total. The number of rotatable bonds is 5. The molecular weight excluding hydrogens is 274 g/mol. The molecule has 2 aromatic rings. The maximum atomic E-state index is 10.5. The quantitative estimate of drug-likeness (QED) is 0.890. The number of nitrogens with one attached hydrogen (secondary N) is 1. The van der Waals surface area contributed by atoms with Crippen LogP contribution in [0.25, 0.3) is 0 Å². The van der Waals surface area contributed by atoms with Crippen LogP contribution in [0.2, 0.25) is 0 Å². The summed E-state index contributed by atoms with van der Waals surface area (Å²) in [5, 5.41) is 14.1. The topological polar surface area (TPSA) is 41.5 Å². The van der Waals surface area contributed by atoms with Gasteiger partial charge < -0.3 is 15.2 Å². The van der Waals surface area contributed by atoms with E-state index in [1.165, 1.54) is 11.1 Å². The first-order valence-corrected chi connectivity index (χ1v) is 7.78. The van der Waals surface area contributed by atoms with Gasteiger partial charge >= 0.3 is 0 Å². The van der Waals surface area contributed by atoms with Gasteiger partial charge in [-0.2, -0.15) is 0 Å². The van der Waals surface area contributed by atoms with Crippen molar-refractivity contribution in [1.29, 1.82) is 0 Å². The zero-order chi connectivity index (χ0) is 15.6. The van der Waals surface area contributed by atoms with Crippen molar-refractivity contribution in [2.45, 2.75) is 31.4 Å². The molecule has 0 heterocycles. The Hall–Kier alpha value is -1.84. The molecule has 0 spiro atoms. The predicted molar refractivity (Wildman–Crippen MR) is 88.1 cm³/mol. The van der Waals surface area contributed by atoms with Crippen molar-refractivity contribution in [3.63, 3.8) is 0 Å². The number of ether oxygens (including phenoxy) is 1. The van der Waals surface area contributed by atoms with Crippen LogP contribution >= 0.6 is 0 Å². The number of hydrogen-bond donors (Lipinski definition) is 2. The summed E-state index contributed by atoms with van der Waals surface area (Å²) in [4.78, 5) is 0. The van der Waals surface area contributed by atoms with Crippen molar-refractivity contribution in [1.82, 2.24) is 5.32 Å². The summed E-state index contributed by atoms with van der Waals surface area (Å²) in [7, 11) is 1.68. The number of benzene rings is 2. The molecule has 116 valence electrons. The van der Waals surface area contributed by atoms with Gasteiger partial charge in [-0.25, -0.2) is 0 Å². The molecule has 2 aromatic carbocycles. The summed E-state index contributed by atoms with van der Waals surface area (Å²) in [6, 6.07) is 16.6. The molecule has 0 aromatic heterocycles. The zero-order valence-corrected chi connectivity index (χ0v) is 13.2. The average Bonchev–Trinajstić information content (AvgIpc) is 2.80. The third kappa shape index (κ3) is 3.01. The Morgan fingerprint density at radius 2 is 1.91 bits per heavy atom. The van der Waals surface area contributed by atoms with Crippen LogP contribution in [0.5, 0.6) is 5.75 Å². The average molecular weight is 297 g/mol. The maximum Gasteiger partial charge on any atom is 0.118 e. The van der Waals surface area contributed by atoms with Gasteiger partial charge in [-0.1, -0.05) is 36.4 Å². The Labute approximate surface area is 131 Å². The highest BCUT2D eigenvalue weighted by atomic mass is 16.5. The van der Waals surface area contributed by atoms with E-state index < -0.39 is 5.60 Å². The molecule has 2 unspecified atom stereocenters. The van der Waals surface area contributed by atoms with Crippen LogP contribution in [0.15, 0.2) is 48.5 Å². The Bertz CT molecular complexity index is 634. The Kier molecular flexibility index (Phi) is 4.19. The molecule has 0 amide bonds. The molecular formula is C19H23NO2. The summed E-state index contributed by atoms with van der Waals surface area (Å²) in [6.07, 6.45) is 1.69. The molecule has 1 aliphatic rings. The lowest BCUT2D eigenvalue weighted by atomic mass is 9.99. The van der Waals surface area contributed by atoms with Gasteiger partial charge in [0.25, 0.3) is 0 Å². The molecule has 2 atom stereocenters. The van der Waals surface area contributed by atoms with E-state index in [1.807, 2.05) is 37.3 Å². The highest BCUT2D eigenvalue weighted by Gasteiger charge is 2.37. The van der Waals surface area contributed by atoms with E-state index in [-0.39, 0.29) is 6.04 Å². The summed E-state index contributed by atoms with van der Waals surface area (Å²) >= 11 is 0. The third-order valence-corrected chi connectivity index (χ3v) is 4.48. The highest BCUT2D eigenvalue weighted by Crippen LogP contribution is 2.42. The van der Waals surface area contributed by atoms with Crippen molar-refractivity contribution in [3.8, 4) is 5.75 Å². The fourth-order valence-electron chi connectivity index (χ4n) is 3.27. The number of methoxy groups -OCH3 is 1. The summed E-state index contributed by atoms with van der Waals surface area (Å²) < 4.78 is 5.17. The second-order valence-electron chi connectivity index (χ2n) is 6.17. The Morgan fingerprint density at radius 3 is 2.64 bits per heavy atom. The van der Waals surface area contributed by atoms with Gasteiger partial charge in [-0.15, -0.1) is 0 Å². The number of fused-ring (bicyclic) bond motifs is 1. The van der Waals surface area contributed by atoms with E-state index in [9.17, 15) is 5.11 Å². The second kappa shape index (κ2) is 6.11. The van der Waals surface area contributed by atoms with E-state index in [1.54, 1.807) is 7.11 Å². The largest absolute Gasteiger partial charge is 0.497 e. The van der Waals surface area contributed by atoms with E-state index >= 15 is 0 Å². The van der Waals surface area contributed by atoms with Crippen molar-refractivity contribution < 1.29 is 9.84 Å². The first-order chi connectivity index (χ1) is 10.6. The van der Waals surface area contributed by atoms with Crippen LogP contribution in [0.4, 0.5) is 0 Å². The van der Waals surface area contributed by atoms with Gasteiger partial charge in [0.15, 0.2) is 0 Å². The molecule has 0 radical (unpaired) electrons. The summed E-state index contributed by atoms with van der Waals surface area (Å²) in [5.41, 5.74) is 2.83. The van der Waals surface area contributed by atoms with E-state index in [4.69, 9.17) is 4.74 Å². The lowest BCUT2D eigenvalue weighted by Gasteiger charge is -2.18. The smallest absolute Gasteiger partial charge is 0.118 e. The van der Waals surface area contributed by atoms with E-state index in [0.29, 0.717) is 0 Å². The summed E-state index contributed by atoms with van der Waals surface area (Å²) in [6.45, 7) is 2.79. The van der Waals surface area contributed by atoms with Crippen LogP contribution < -0.4 is 10.1 Å². The minimum Gasteiger partial charge on any atom is -0.497 e. The van der Waals surface area contributed by atoms with Crippen LogP contribution in [-0.2, 0) is 12.0 Å². The van der Waals surface area contributed by atoms with Gasteiger partial charge in [0.2, 0.25) is 0 Å². The molecule has 0 bridgehead atoms. The first-order valence-electron chi connectivity index (χ1n) is 7.78. The monoisotopic (exact) mass is 297 g/mol.